The van der Waals surface area contributed by atoms with Crippen molar-refractivity contribution in [2.24, 2.45) is 0 Å². The zero-order valence-corrected chi connectivity index (χ0v) is 14.5. The largest absolute Gasteiger partial charge is 0.495 e. The smallest absolute Gasteiger partial charge is 0.265 e. The number of aliphatic hydroxyl groups excluding tert-OH is 1. The molecule has 1 amide bonds. The summed E-state index contributed by atoms with van der Waals surface area (Å²) in [5.41, 5.74) is 2.29. The number of amides is 1. The summed E-state index contributed by atoms with van der Waals surface area (Å²) < 4.78 is 5.20. The molecule has 128 valence electrons. The number of methoxy groups -OCH3 is 1. The van der Waals surface area contributed by atoms with Gasteiger partial charge in [-0.3, -0.25) is 9.69 Å². The summed E-state index contributed by atoms with van der Waals surface area (Å²) in [7, 11) is 1.57. The maximum absolute atomic E-state index is 12.3. The lowest BCUT2D eigenvalue weighted by atomic mass is 10.1. The van der Waals surface area contributed by atoms with E-state index in [1.807, 2.05) is 23.6 Å². The fourth-order valence-electron chi connectivity index (χ4n) is 2.96. The Labute approximate surface area is 145 Å². The van der Waals surface area contributed by atoms with E-state index in [4.69, 9.17) is 4.74 Å². The Morgan fingerprint density at radius 1 is 1.38 bits per heavy atom. The van der Waals surface area contributed by atoms with Crippen molar-refractivity contribution in [2.75, 3.05) is 20.2 Å². The second kappa shape index (κ2) is 7.79. The summed E-state index contributed by atoms with van der Waals surface area (Å²) in [6.07, 6.45) is 0.611. The van der Waals surface area contributed by atoms with E-state index in [0.29, 0.717) is 23.7 Å². The van der Waals surface area contributed by atoms with E-state index in [9.17, 15) is 9.90 Å². The molecule has 2 aromatic rings. The predicted octanol–water partition coefficient (Wildman–Crippen LogP) is 2.25. The maximum Gasteiger partial charge on any atom is 0.265 e. The molecule has 1 aromatic heterocycles. The molecule has 0 saturated carbocycles. The van der Waals surface area contributed by atoms with E-state index < -0.39 is 0 Å². The molecule has 1 aromatic carbocycles. The van der Waals surface area contributed by atoms with Gasteiger partial charge in [-0.05, 0) is 29.0 Å². The molecule has 0 aliphatic carbocycles. The van der Waals surface area contributed by atoms with Gasteiger partial charge < -0.3 is 15.2 Å². The number of carbonyl (C=O) groups is 1. The number of nitrogens with one attached hydrogen (secondary N) is 1. The van der Waals surface area contributed by atoms with Crippen LogP contribution in [0.5, 0.6) is 5.75 Å². The van der Waals surface area contributed by atoms with Crippen LogP contribution in [0.15, 0.2) is 35.7 Å². The summed E-state index contributed by atoms with van der Waals surface area (Å²) in [6.45, 7) is 2.90. The van der Waals surface area contributed by atoms with Crippen molar-refractivity contribution in [1.82, 2.24) is 10.2 Å². The maximum atomic E-state index is 12.3. The van der Waals surface area contributed by atoms with Crippen molar-refractivity contribution >= 4 is 17.2 Å². The molecule has 1 saturated heterocycles. The van der Waals surface area contributed by atoms with E-state index in [-0.39, 0.29) is 12.0 Å². The molecule has 6 heteroatoms. The Morgan fingerprint density at radius 3 is 2.88 bits per heavy atom. The average molecular weight is 346 g/mol. The lowest BCUT2D eigenvalue weighted by molar-refractivity contribution is 0.0952. The highest BCUT2D eigenvalue weighted by Crippen LogP contribution is 2.24. The molecule has 1 aliphatic rings. The number of aliphatic hydroxyl groups is 1. The van der Waals surface area contributed by atoms with Gasteiger partial charge in [0, 0.05) is 26.2 Å². The molecule has 1 aliphatic heterocycles. The first-order valence-corrected chi connectivity index (χ1v) is 8.92. The Hall–Kier alpha value is -1.89. The second-order valence-corrected chi connectivity index (χ2v) is 6.86. The van der Waals surface area contributed by atoms with Crippen LogP contribution in [-0.4, -0.2) is 42.2 Å². The molecule has 5 nitrogen and oxygen atoms in total. The summed E-state index contributed by atoms with van der Waals surface area (Å²) >= 11 is 1.37. The minimum Gasteiger partial charge on any atom is -0.495 e. The van der Waals surface area contributed by atoms with Gasteiger partial charge in [0.25, 0.3) is 5.91 Å². The summed E-state index contributed by atoms with van der Waals surface area (Å²) in [6, 6.07) is 9.91. The molecule has 0 radical (unpaired) electrons. The van der Waals surface area contributed by atoms with Crippen LogP contribution in [0.2, 0.25) is 0 Å². The first kappa shape index (κ1) is 17.0. The lowest BCUT2D eigenvalue weighted by Gasteiger charge is -2.18. The number of carbonyl (C=O) groups excluding carboxylic acids is 1. The molecule has 0 spiro atoms. The fourth-order valence-corrected chi connectivity index (χ4v) is 3.73. The van der Waals surface area contributed by atoms with Gasteiger partial charge in [0.15, 0.2) is 0 Å². The van der Waals surface area contributed by atoms with Crippen LogP contribution in [0.1, 0.15) is 27.2 Å². The molecule has 24 heavy (non-hydrogen) atoms. The molecule has 1 fully saturated rings. The quantitative estimate of drug-likeness (QED) is 0.842. The molecule has 3 rings (SSSR count). The van der Waals surface area contributed by atoms with Crippen molar-refractivity contribution in [1.29, 1.82) is 0 Å². The summed E-state index contributed by atoms with van der Waals surface area (Å²) in [4.78, 5) is 15.2. The highest BCUT2D eigenvalue weighted by Gasteiger charge is 2.21. The minimum atomic E-state index is -0.219. The predicted molar refractivity (Wildman–Crippen MR) is 94.4 cm³/mol. The first-order chi connectivity index (χ1) is 11.7. The second-order valence-electron chi connectivity index (χ2n) is 5.95. The third kappa shape index (κ3) is 3.95. The number of hydrogen-bond acceptors (Lipinski definition) is 5. The lowest BCUT2D eigenvalue weighted by Crippen LogP contribution is -2.25. The van der Waals surface area contributed by atoms with Crippen LogP contribution >= 0.6 is 11.3 Å². The number of thiophene rings is 1. The van der Waals surface area contributed by atoms with Crippen molar-refractivity contribution in [3.63, 3.8) is 0 Å². The Balaban J connectivity index is 1.64. The van der Waals surface area contributed by atoms with Crippen molar-refractivity contribution in [3.05, 3.63) is 51.7 Å². The molecule has 2 N–H and O–H groups in total. The molecule has 2 heterocycles. The number of likely N-dealkylation sites (tertiary alicyclic amines) is 1. The van der Waals surface area contributed by atoms with Crippen molar-refractivity contribution < 1.29 is 14.6 Å². The topological polar surface area (TPSA) is 61.8 Å². The SMILES string of the molecule is COc1ccsc1C(=O)NCc1ccccc1CN1CC[C@@H](O)C1. The number of rotatable bonds is 6. The Bertz CT molecular complexity index is 701. The van der Waals surface area contributed by atoms with Crippen LogP contribution in [-0.2, 0) is 13.1 Å². The van der Waals surface area contributed by atoms with Gasteiger partial charge in [-0.2, -0.15) is 0 Å². The van der Waals surface area contributed by atoms with E-state index in [2.05, 4.69) is 16.3 Å². The van der Waals surface area contributed by atoms with Crippen LogP contribution in [0, 0.1) is 0 Å². The molecule has 1 atom stereocenters. The van der Waals surface area contributed by atoms with Crippen molar-refractivity contribution in [2.45, 2.75) is 25.6 Å². The molecular formula is C18H22N2O3S. The van der Waals surface area contributed by atoms with Gasteiger partial charge in [0.2, 0.25) is 0 Å². The number of nitrogens with zero attached hydrogens (tertiary/aromatic N) is 1. The van der Waals surface area contributed by atoms with Crippen LogP contribution in [0.3, 0.4) is 0 Å². The third-order valence-corrected chi connectivity index (χ3v) is 5.15. The molecular weight excluding hydrogens is 324 g/mol. The van der Waals surface area contributed by atoms with Gasteiger partial charge >= 0.3 is 0 Å². The van der Waals surface area contributed by atoms with Gasteiger partial charge in [0.05, 0.1) is 13.2 Å². The monoisotopic (exact) mass is 346 g/mol. The van der Waals surface area contributed by atoms with E-state index in [0.717, 1.165) is 25.1 Å². The van der Waals surface area contributed by atoms with Gasteiger partial charge in [-0.25, -0.2) is 0 Å². The van der Waals surface area contributed by atoms with E-state index in [1.54, 1.807) is 13.2 Å². The third-order valence-electron chi connectivity index (χ3n) is 4.25. The number of benzene rings is 1. The Morgan fingerprint density at radius 2 is 2.17 bits per heavy atom. The van der Waals surface area contributed by atoms with Gasteiger partial charge in [-0.1, -0.05) is 24.3 Å². The normalized spacial score (nSPS) is 17.8. The fraction of sp³-hybridized carbons (Fsp3) is 0.389. The van der Waals surface area contributed by atoms with E-state index in [1.165, 1.54) is 16.9 Å². The van der Waals surface area contributed by atoms with Crippen molar-refractivity contribution in [3.8, 4) is 5.75 Å². The van der Waals surface area contributed by atoms with Gasteiger partial charge in [0.1, 0.15) is 10.6 Å². The Kier molecular flexibility index (Phi) is 5.50. The highest BCUT2D eigenvalue weighted by molar-refractivity contribution is 7.12. The standard InChI is InChI=1S/C18H22N2O3S/c1-23-16-7-9-24-17(16)18(22)19-10-13-4-2-3-5-14(13)11-20-8-6-15(21)12-20/h2-5,7,9,15,21H,6,8,10-12H2,1H3,(H,19,22)/t15-/m1/s1. The zero-order chi connectivity index (χ0) is 16.9. The average Bonchev–Trinajstić information content (AvgIpc) is 3.22. The minimum absolute atomic E-state index is 0.117. The van der Waals surface area contributed by atoms with Crippen LogP contribution in [0.4, 0.5) is 0 Å². The summed E-state index contributed by atoms with van der Waals surface area (Å²) in [5.74, 6) is 0.491. The number of hydrogen-bond donors (Lipinski definition) is 2. The van der Waals surface area contributed by atoms with Gasteiger partial charge in [-0.15, -0.1) is 11.3 Å². The van der Waals surface area contributed by atoms with Crippen LogP contribution in [0.25, 0.3) is 0 Å². The zero-order valence-electron chi connectivity index (χ0n) is 13.7. The number of β-amino-alcohol motifs (C(OH)–C–C–N with tert-alkyl or cyclic N) is 1. The highest BCUT2D eigenvalue weighted by atomic mass is 32.1. The number of ether oxygens (including phenoxy) is 1. The molecule has 0 bridgehead atoms. The first-order valence-electron chi connectivity index (χ1n) is 8.04. The van der Waals surface area contributed by atoms with E-state index >= 15 is 0 Å². The van der Waals surface area contributed by atoms with Crippen LogP contribution < -0.4 is 10.1 Å². The summed E-state index contributed by atoms with van der Waals surface area (Å²) in [5, 5.41) is 14.5. The molecule has 0 unspecified atom stereocenters.